The average molecular weight is 2000 g/mol. The number of likely N-dealkylation sites (N-methyl/N-ethyl adjacent to an activating group) is 1. The van der Waals surface area contributed by atoms with Crippen LogP contribution in [-0.4, -0.2) is 273 Å². The van der Waals surface area contributed by atoms with Crippen LogP contribution in [0, 0.1) is 0 Å². The molecule has 3 aliphatic heterocycles. The largest absolute Gasteiger partial charge is 0.490 e. The van der Waals surface area contributed by atoms with E-state index in [1.165, 1.54) is 115 Å². The van der Waals surface area contributed by atoms with Gasteiger partial charge in [0.15, 0.2) is 57.3 Å². The smallest absolute Gasteiger partial charge is 0.263 e. The van der Waals surface area contributed by atoms with Gasteiger partial charge in [0.05, 0.1) is 107 Å². The molecule has 0 spiro atoms. The summed E-state index contributed by atoms with van der Waals surface area (Å²) in [5, 5.41) is 45.1. The third-order valence-corrected chi connectivity index (χ3v) is 21.7. The number of amides is 5. The van der Waals surface area contributed by atoms with Crippen LogP contribution < -0.4 is 78.9 Å². The van der Waals surface area contributed by atoms with Crippen molar-refractivity contribution in [1.82, 2.24) is 113 Å². The predicted molar refractivity (Wildman–Crippen MR) is 512 cm³/mol. The first-order chi connectivity index (χ1) is 66.1. The van der Waals surface area contributed by atoms with Gasteiger partial charge in [0.25, 0.3) is 29.5 Å². The predicted octanol–water partition coefficient (Wildman–Crippen LogP) is 9.55. The number of aliphatic hydroxyl groups is 1. The number of aromatic nitrogens is 20. The Morgan fingerprint density at radius 1 is 0.438 bits per heavy atom. The maximum atomic E-state index is 13.0. The Hall–Kier alpha value is -14.3. The molecule has 716 valence electrons. The van der Waals surface area contributed by atoms with Crippen molar-refractivity contribution in [2.75, 3.05) is 162 Å². The molecule has 16 N–H and O–H groups in total. The Balaban J connectivity index is 0.000000137. The molecule has 0 saturated carbocycles. The number of pyridine rings is 5. The second-order valence-corrected chi connectivity index (χ2v) is 33.3. The van der Waals surface area contributed by atoms with Crippen LogP contribution in [0.2, 0.25) is 30.3 Å². The SMILES string of the molecule is CN(C)CCOc1cc(Cl)ncc1NC(=O)c1c(N)nn2cc(Cl)cnc12.CN1CCC(Oc2ccncc2NC(=O)c2c(N)nn3cc(Cl)cnc23)CC1.COCCN1CCC[C@H](Oc2ccncc2NC(=O)c2c(N)nn3cc(Cl)cnc23)C1.Nc1nn2cc(Cl)cnc2c1C(=O)Nc1cnccc1OC1CCCOC1.Nc1nn2cc(Cl)cnc2c1C(=O)Nc1cnccc1OCCO. The fraction of sp³-hybridized carbons (Fsp3) is 0.294. The van der Waals surface area contributed by atoms with E-state index in [0.29, 0.717) is 126 Å². The average Bonchev–Trinajstić information content (AvgIpc) is 1.66. The highest BCUT2D eigenvalue weighted by molar-refractivity contribution is 6.32. The van der Waals surface area contributed by atoms with Gasteiger partial charge < -0.3 is 103 Å². The molecule has 3 aliphatic rings. The van der Waals surface area contributed by atoms with Crippen LogP contribution in [0.1, 0.15) is 90.3 Å². The summed E-state index contributed by atoms with van der Waals surface area (Å²) in [6, 6.07) is 8.28. The molecule has 0 aliphatic carbocycles. The van der Waals surface area contributed by atoms with Crippen molar-refractivity contribution in [2.24, 2.45) is 0 Å². The first-order valence-corrected chi connectivity index (χ1v) is 44.3. The summed E-state index contributed by atoms with van der Waals surface area (Å²) in [5.41, 5.74) is 33.8. The van der Waals surface area contributed by atoms with E-state index in [-0.39, 0.29) is 105 Å². The lowest BCUT2D eigenvalue weighted by Gasteiger charge is -2.33. The number of ether oxygens (including phenoxy) is 7. The van der Waals surface area contributed by atoms with Gasteiger partial charge in [0.1, 0.15) is 122 Å². The van der Waals surface area contributed by atoms with Crippen molar-refractivity contribution in [2.45, 2.75) is 56.8 Å². The number of hydrogen-bond acceptors (Lipinski definition) is 36. The molecule has 18 rings (SSSR count). The van der Waals surface area contributed by atoms with Crippen LogP contribution in [-0.2, 0) is 9.47 Å². The normalized spacial score (nSPS) is 14.5. The van der Waals surface area contributed by atoms with E-state index in [0.717, 1.165) is 77.9 Å². The Morgan fingerprint density at radius 2 is 0.788 bits per heavy atom. The highest BCUT2D eigenvalue weighted by atomic mass is 35.5. The second-order valence-electron chi connectivity index (χ2n) is 30.7. The molecule has 18 heterocycles. The standard InChI is InChI=1S/C20H24ClN7O3.C18H20ClN7O2.C17H17ClN6O3.C16H17Cl2N7O2.C14H13ClN6O3/c1-30-8-7-27-6-2-3-14(12-27)31-16-4-5-23-10-15(16)25-20(29)17-18(22)26-28-11-13(21)9-24-19(17)28;1-25-6-3-12(4-7-25)28-14-2-5-21-9-13(14)23-18(27)15-16(20)24-26-10-11(19)8-22-17(15)26;18-10-6-21-16-14(15(19)23-24(16)8-10)17(25)22-12-7-20-4-3-13(12)27-11-2-1-5-26-9-11;1-24(2)3-4-27-11-5-12(18)20-7-10(11)22-16(26)13-14(19)23-25-8-9(17)6-21-15(13)25;15-8-5-18-13-11(12(16)20-21(13)7-8)14(23)19-9-6-17-2-1-10(9)24-4-3-22/h4-5,9-11,14H,2-3,6-8,12H2,1H3,(H2,22,26)(H,25,29);2,5,8-10,12H,3-4,6-7H2,1H3,(H2,20,24)(H,23,27);3-4,6-8,11H,1-2,5,9H2,(H2,19,23)(H,22,25);5-8H,3-4H2,1-2H3,(H2,19,23)(H,22,26);1-2,5-7,22H,3-4H2,(H2,16,20)(H,19,23)/t14-;;;;/m0..../s1. The summed E-state index contributed by atoms with van der Waals surface area (Å²) in [4.78, 5) is 111. The summed E-state index contributed by atoms with van der Waals surface area (Å²) >= 11 is 35.4. The molecule has 2 atom stereocenters. The number of aliphatic hydroxyl groups excluding tert-OH is 1. The van der Waals surface area contributed by atoms with Crippen LogP contribution in [0.5, 0.6) is 28.7 Å². The van der Waals surface area contributed by atoms with E-state index in [1.54, 1.807) is 62.4 Å². The minimum atomic E-state index is -0.515. The minimum Gasteiger partial charge on any atom is -0.490 e. The molecule has 137 heavy (non-hydrogen) atoms. The molecule has 5 amide bonds. The lowest BCUT2D eigenvalue weighted by atomic mass is 10.1. The second kappa shape index (κ2) is 46.3. The van der Waals surface area contributed by atoms with Crippen molar-refractivity contribution in [1.29, 1.82) is 0 Å². The first-order valence-electron chi connectivity index (χ1n) is 42.1. The van der Waals surface area contributed by atoms with Gasteiger partial charge in [0.2, 0.25) is 0 Å². The minimum absolute atomic E-state index is 0.00881. The quantitative estimate of drug-likeness (QED) is 0.0225. The first kappa shape index (κ1) is 98.7. The number of anilines is 10. The number of piperidine rings is 2. The number of carbonyl (C=O) groups is 5. The number of rotatable bonds is 26. The molecule has 1 unspecified atom stereocenters. The fourth-order valence-corrected chi connectivity index (χ4v) is 14.9. The number of nitrogen functional groups attached to an aromatic ring is 5. The van der Waals surface area contributed by atoms with Crippen LogP contribution in [0.25, 0.3) is 28.2 Å². The van der Waals surface area contributed by atoms with Crippen molar-refractivity contribution in [3.05, 3.63) is 206 Å². The molecule has 3 saturated heterocycles. The van der Waals surface area contributed by atoms with Crippen LogP contribution in [0.3, 0.4) is 0 Å². The molecule has 3 fully saturated rings. The van der Waals surface area contributed by atoms with E-state index < -0.39 is 29.5 Å². The zero-order valence-corrected chi connectivity index (χ0v) is 78.1. The Bertz CT molecular complexity index is 6820. The van der Waals surface area contributed by atoms with E-state index in [1.807, 2.05) is 19.0 Å². The highest BCUT2D eigenvalue weighted by Crippen LogP contribution is 2.35. The van der Waals surface area contributed by atoms with Gasteiger partial charge in [-0.2, -0.15) is 0 Å². The fourth-order valence-electron chi connectivity index (χ4n) is 14.1. The molecule has 15 aromatic rings. The number of carbonyl (C=O) groups excluding carboxylic acids is 5. The van der Waals surface area contributed by atoms with Crippen LogP contribution in [0.4, 0.5) is 57.5 Å². The molecular weight excluding hydrogens is 1900 g/mol. The summed E-state index contributed by atoms with van der Waals surface area (Å²) in [6.07, 6.45) is 34.2. The maximum absolute atomic E-state index is 13.0. The Labute approximate surface area is 809 Å². The number of hydrogen-bond donors (Lipinski definition) is 11. The van der Waals surface area contributed by atoms with Gasteiger partial charge in [-0.05, 0) is 66.2 Å². The van der Waals surface area contributed by atoms with Crippen LogP contribution in [0.15, 0.2) is 148 Å². The van der Waals surface area contributed by atoms with E-state index >= 15 is 0 Å². The van der Waals surface area contributed by atoms with Gasteiger partial charge in [-0.15, -0.1) is 25.5 Å². The monoisotopic (exact) mass is 1990 g/mol. The zero-order chi connectivity index (χ0) is 96.9. The van der Waals surface area contributed by atoms with Gasteiger partial charge in [-0.25, -0.2) is 52.5 Å². The maximum Gasteiger partial charge on any atom is 0.263 e. The highest BCUT2D eigenvalue weighted by Gasteiger charge is 2.31. The number of methoxy groups -OCH3 is 1. The number of fused-ring (bicyclic) bond motifs is 5. The van der Waals surface area contributed by atoms with E-state index in [2.05, 4.69) is 119 Å². The number of nitrogens with one attached hydrogen (secondary N) is 5. The lowest BCUT2D eigenvalue weighted by molar-refractivity contribution is 0.00770. The number of nitrogens with zero attached hydrogens (tertiary/aromatic N) is 23. The van der Waals surface area contributed by atoms with E-state index in [9.17, 15) is 24.0 Å². The number of halogens is 6. The molecule has 15 aromatic heterocycles. The third-order valence-electron chi connectivity index (χ3n) is 20.6. The molecule has 0 bridgehead atoms. The molecular formula is C85H91Cl6N33O13. The Morgan fingerprint density at radius 3 is 1.15 bits per heavy atom. The van der Waals surface area contributed by atoms with E-state index in [4.69, 9.17) is 137 Å². The lowest BCUT2D eigenvalue weighted by Crippen LogP contribution is -2.42. The summed E-state index contributed by atoms with van der Waals surface area (Å²) in [7, 11) is 7.65. The van der Waals surface area contributed by atoms with Gasteiger partial charge in [0, 0.05) is 133 Å². The third kappa shape index (κ3) is 25.5. The molecule has 0 aromatic carbocycles. The Kier molecular flexibility index (Phi) is 33.3. The van der Waals surface area contributed by atoms with Gasteiger partial charge in [-0.3, -0.25) is 48.8 Å². The molecule has 0 radical (unpaired) electrons. The van der Waals surface area contributed by atoms with Crippen molar-refractivity contribution >= 4 is 185 Å². The van der Waals surface area contributed by atoms with Crippen molar-refractivity contribution in [3.8, 4) is 28.7 Å². The number of likely N-dealkylation sites (tertiary alicyclic amines) is 2. The summed E-state index contributed by atoms with van der Waals surface area (Å²) in [6.45, 7) is 7.62. The van der Waals surface area contributed by atoms with Crippen molar-refractivity contribution < 1.29 is 62.2 Å². The number of nitrogens with two attached hydrogens (primary N) is 5. The summed E-state index contributed by atoms with van der Waals surface area (Å²) < 4.78 is 46.8. The summed E-state index contributed by atoms with van der Waals surface area (Å²) in [5.74, 6) is 0.250. The van der Waals surface area contributed by atoms with Gasteiger partial charge in [-0.1, -0.05) is 69.6 Å². The van der Waals surface area contributed by atoms with Gasteiger partial charge >= 0.3 is 0 Å². The molecule has 46 nitrogen and oxygen atoms in total. The van der Waals surface area contributed by atoms with Crippen LogP contribution >= 0.6 is 69.6 Å². The zero-order valence-electron chi connectivity index (χ0n) is 73.6. The molecule has 52 heteroatoms. The topological polar surface area (TPSA) is 586 Å². The van der Waals surface area contributed by atoms with Crippen molar-refractivity contribution in [3.63, 3.8) is 0 Å².